The van der Waals surface area contributed by atoms with E-state index in [1.807, 2.05) is 24.3 Å². The highest BCUT2D eigenvalue weighted by atomic mass is 127. The number of carbonyl (C=O) groups excluding carboxylic acids is 2. The number of nitrogens with zero attached hydrogens (tertiary/aromatic N) is 2. The van der Waals surface area contributed by atoms with Crippen molar-refractivity contribution in [1.82, 2.24) is 4.98 Å². The minimum Gasteiger partial charge on any atom is -0.504 e. The number of hydrogen-bond donors (Lipinski definition) is 3. The Morgan fingerprint density at radius 2 is 1.96 bits per heavy atom. The van der Waals surface area contributed by atoms with Crippen molar-refractivity contribution >= 4 is 64.3 Å². The van der Waals surface area contributed by atoms with Gasteiger partial charge in [0.1, 0.15) is 0 Å². The number of halogens is 1. The van der Waals surface area contributed by atoms with Gasteiger partial charge in [-0.1, -0.05) is 37.1 Å². The number of aromatic hydroxyl groups is 1. The second kappa shape index (κ2) is 13.7. The Kier molecular flexibility index (Phi) is 9.65. The van der Waals surface area contributed by atoms with Gasteiger partial charge >= 0.3 is 7.12 Å². The van der Waals surface area contributed by atoms with Crippen LogP contribution in [0.25, 0.3) is 11.6 Å². The summed E-state index contributed by atoms with van der Waals surface area (Å²) in [5.41, 5.74) is 5.67. The van der Waals surface area contributed by atoms with Crippen molar-refractivity contribution in [3.05, 3.63) is 86.8 Å². The summed E-state index contributed by atoms with van der Waals surface area (Å²) in [6.07, 6.45) is 7.22. The molecule has 3 heterocycles. The molecular formula is C35H36BIN2O7. The number of methoxy groups -OCH3 is 1. The van der Waals surface area contributed by atoms with E-state index in [9.17, 15) is 24.7 Å². The van der Waals surface area contributed by atoms with Crippen LogP contribution in [0.15, 0.2) is 71.9 Å². The Labute approximate surface area is 282 Å². The predicted molar refractivity (Wildman–Crippen MR) is 184 cm³/mol. The van der Waals surface area contributed by atoms with Crippen LogP contribution in [0.3, 0.4) is 0 Å². The number of ether oxygens (including phenoxy) is 2. The maximum Gasteiger partial charge on any atom is 0.488 e. The number of allylic oxidation sites excluding steroid dienone is 2. The fourth-order valence-electron chi connectivity index (χ4n) is 7.24. The van der Waals surface area contributed by atoms with Gasteiger partial charge in [-0.25, -0.2) is 0 Å². The van der Waals surface area contributed by atoms with Crippen LogP contribution in [0.1, 0.15) is 50.3 Å². The normalized spacial score (nSPS) is 22.7. The van der Waals surface area contributed by atoms with Crippen molar-refractivity contribution in [1.29, 1.82) is 0 Å². The molecule has 3 aliphatic rings. The molecule has 0 radical (unpaired) electrons. The molecule has 9 nitrogen and oxygen atoms in total. The second-order valence-electron chi connectivity index (χ2n) is 12.0. The molecule has 2 saturated heterocycles. The number of anilines is 1. The summed E-state index contributed by atoms with van der Waals surface area (Å²) >= 11 is 2.09. The maximum absolute atomic E-state index is 14.0. The van der Waals surface area contributed by atoms with Crippen molar-refractivity contribution in [2.75, 3.05) is 18.6 Å². The molecule has 3 aromatic rings. The van der Waals surface area contributed by atoms with Gasteiger partial charge in [0.15, 0.2) is 11.5 Å². The third-order valence-electron chi connectivity index (χ3n) is 9.27. The van der Waals surface area contributed by atoms with Gasteiger partial charge in [-0.05, 0) is 113 Å². The predicted octanol–water partition coefficient (Wildman–Crippen LogP) is 4.72. The topological polar surface area (TPSA) is 129 Å². The highest BCUT2D eigenvalue weighted by molar-refractivity contribution is 14.1. The zero-order chi connectivity index (χ0) is 32.5. The highest BCUT2D eigenvalue weighted by Gasteiger charge is 2.57. The monoisotopic (exact) mass is 734 g/mol. The fourth-order valence-corrected chi connectivity index (χ4v) is 7.86. The van der Waals surface area contributed by atoms with Gasteiger partial charge < -0.3 is 24.6 Å². The lowest BCUT2D eigenvalue weighted by molar-refractivity contribution is -0.122. The summed E-state index contributed by atoms with van der Waals surface area (Å²) < 4.78 is 12.5. The molecule has 0 bridgehead atoms. The molecule has 1 aliphatic carbocycles. The molecular weight excluding hydrogens is 698 g/mol. The summed E-state index contributed by atoms with van der Waals surface area (Å²) in [6.45, 7) is 2.49. The van der Waals surface area contributed by atoms with E-state index < -0.39 is 19.0 Å². The number of amides is 2. The van der Waals surface area contributed by atoms with Gasteiger partial charge in [0.05, 0.1) is 46.6 Å². The molecule has 4 atom stereocenters. The number of phenols is 1. The lowest BCUT2D eigenvalue weighted by Gasteiger charge is -2.32. The highest BCUT2D eigenvalue weighted by Crippen LogP contribution is 2.51. The van der Waals surface area contributed by atoms with E-state index in [-0.39, 0.29) is 35.0 Å². The first-order chi connectivity index (χ1) is 22.2. The van der Waals surface area contributed by atoms with Crippen LogP contribution >= 0.6 is 22.6 Å². The van der Waals surface area contributed by atoms with Crippen molar-refractivity contribution in [3.8, 4) is 11.5 Å². The average Bonchev–Trinajstić information content (AvgIpc) is 3.59. The van der Waals surface area contributed by atoms with E-state index in [2.05, 4.69) is 40.6 Å². The van der Waals surface area contributed by atoms with Gasteiger partial charge in [-0.2, -0.15) is 0 Å². The number of imide groups is 1. The van der Waals surface area contributed by atoms with Gasteiger partial charge in [-0.15, -0.1) is 0 Å². The van der Waals surface area contributed by atoms with Crippen LogP contribution in [0.2, 0.25) is 0 Å². The third kappa shape index (κ3) is 6.13. The molecule has 238 valence electrons. The third-order valence-corrected chi connectivity index (χ3v) is 10.1. The lowest BCUT2D eigenvalue weighted by Crippen LogP contribution is -2.35. The minimum atomic E-state index is -1.70. The number of hydrogen-bond acceptors (Lipinski definition) is 8. The van der Waals surface area contributed by atoms with Crippen LogP contribution < -0.4 is 15.1 Å². The zero-order valence-corrected chi connectivity index (χ0v) is 27.9. The number of rotatable bonds is 10. The van der Waals surface area contributed by atoms with Gasteiger partial charge in [0.2, 0.25) is 11.8 Å². The molecule has 46 heavy (non-hydrogen) atoms. The fraction of sp³-hybridized carbons (Fsp3) is 0.343. The van der Waals surface area contributed by atoms with Crippen molar-refractivity contribution in [2.24, 2.45) is 17.8 Å². The summed E-state index contributed by atoms with van der Waals surface area (Å²) in [6, 6.07) is 15.8. The Morgan fingerprint density at radius 3 is 2.67 bits per heavy atom. The molecule has 0 unspecified atom stereocenters. The average molecular weight is 734 g/mol. The molecule has 2 aromatic carbocycles. The van der Waals surface area contributed by atoms with Crippen LogP contribution in [-0.4, -0.2) is 58.9 Å². The van der Waals surface area contributed by atoms with E-state index in [0.717, 1.165) is 35.2 Å². The number of aromatic nitrogens is 1. The SMILES string of the molecule is CCCC1=C2[C@@H](CC/C(=C/c3cc(I)c(O)c(OC)c3)c3ccccn3)OC[C@@H]2[C@@H]2C(=O)N(c3cccc(B(O)O)c3)C(=O)[C@@H]2C1. The first kappa shape index (κ1) is 32.4. The Balaban J connectivity index is 1.29. The summed E-state index contributed by atoms with van der Waals surface area (Å²) in [5, 5.41) is 29.7. The number of carbonyl (C=O) groups is 2. The van der Waals surface area contributed by atoms with Crippen LogP contribution in [0, 0.1) is 21.3 Å². The van der Waals surface area contributed by atoms with Crippen LogP contribution in [-0.2, 0) is 14.3 Å². The Bertz CT molecular complexity index is 1710. The maximum atomic E-state index is 14.0. The number of phenolic OH excluding ortho intramolecular Hbond substituents is 1. The first-order valence-electron chi connectivity index (χ1n) is 15.6. The second-order valence-corrected chi connectivity index (χ2v) is 13.2. The number of fused-ring (bicyclic) bond motifs is 3. The molecule has 2 aliphatic heterocycles. The van der Waals surface area contributed by atoms with E-state index >= 15 is 0 Å². The molecule has 2 amide bonds. The van der Waals surface area contributed by atoms with Crippen molar-refractivity contribution in [2.45, 2.75) is 45.1 Å². The standard InChI is InChI=1S/C35H36BIN2O7/c1-3-7-22-17-25-32(35(42)39(34(25)41)24-9-6-8-23(18-24)36(43)44)26-19-46-29(31(22)26)12-11-21(28-10-4-5-13-38-28)14-20-15-27(37)33(40)30(16-20)45-2/h4-6,8-10,13-16,18,25-26,29,32,40,43-44H,3,7,11-12,17,19H2,1-2H3/b21-14-/t25-,26+,29-,32-/m1/s1. The van der Waals surface area contributed by atoms with E-state index in [1.165, 1.54) is 23.6 Å². The van der Waals surface area contributed by atoms with Gasteiger partial charge in [0, 0.05) is 12.1 Å². The Hall–Kier alpha value is -3.52. The molecule has 1 aromatic heterocycles. The molecule has 0 spiro atoms. The van der Waals surface area contributed by atoms with E-state index in [4.69, 9.17) is 9.47 Å². The quantitative estimate of drug-likeness (QED) is 0.118. The molecule has 0 saturated carbocycles. The van der Waals surface area contributed by atoms with E-state index in [0.29, 0.717) is 40.9 Å². The Morgan fingerprint density at radius 1 is 1.13 bits per heavy atom. The smallest absolute Gasteiger partial charge is 0.488 e. The molecule has 2 fully saturated rings. The summed E-state index contributed by atoms with van der Waals surface area (Å²) in [4.78, 5) is 33.6. The largest absolute Gasteiger partial charge is 0.504 e. The summed E-state index contributed by atoms with van der Waals surface area (Å²) in [5.74, 6) is -1.17. The van der Waals surface area contributed by atoms with Gasteiger partial charge in [-0.3, -0.25) is 19.5 Å². The van der Waals surface area contributed by atoms with Crippen LogP contribution in [0.5, 0.6) is 11.5 Å². The molecule has 6 rings (SSSR count). The van der Waals surface area contributed by atoms with Crippen LogP contribution in [0.4, 0.5) is 5.69 Å². The van der Waals surface area contributed by atoms with Crippen molar-refractivity contribution < 1.29 is 34.2 Å². The summed E-state index contributed by atoms with van der Waals surface area (Å²) in [7, 11) is -0.172. The van der Waals surface area contributed by atoms with E-state index in [1.54, 1.807) is 30.5 Å². The minimum absolute atomic E-state index is 0.105. The lowest BCUT2D eigenvalue weighted by atomic mass is 9.68. The number of pyridine rings is 1. The van der Waals surface area contributed by atoms with Crippen molar-refractivity contribution in [3.63, 3.8) is 0 Å². The zero-order valence-electron chi connectivity index (χ0n) is 25.7. The molecule has 11 heteroatoms. The van der Waals surface area contributed by atoms with Gasteiger partial charge in [0.25, 0.3) is 0 Å². The molecule has 3 N–H and O–H groups in total. The first-order valence-corrected chi connectivity index (χ1v) is 16.7. The number of benzene rings is 2.